The van der Waals surface area contributed by atoms with E-state index in [4.69, 9.17) is 4.74 Å². The lowest BCUT2D eigenvalue weighted by molar-refractivity contribution is 0.201. The van der Waals surface area contributed by atoms with E-state index in [1.165, 1.54) is 6.07 Å². The number of hydrogen-bond donors (Lipinski definition) is 1. The van der Waals surface area contributed by atoms with Crippen molar-refractivity contribution in [2.24, 2.45) is 0 Å². The van der Waals surface area contributed by atoms with E-state index in [9.17, 15) is 4.39 Å². The van der Waals surface area contributed by atoms with Crippen LogP contribution in [0.15, 0.2) is 48.8 Å². The van der Waals surface area contributed by atoms with Crippen molar-refractivity contribution in [2.75, 3.05) is 13.6 Å². The van der Waals surface area contributed by atoms with Crippen LogP contribution in [0.5, 0.6) is 5.75 Å². The Kier molecular flexibility index (Phi) is 4.65. The number of rotatable bonds is 6. The Morgan fingerprint density at radius 3 is 2.95 bits per heavy atom. The number of nitrogens with zero attached hydrogens (tertiary/aromatic N) is 1. The number of nitrogens with one attached hydrogen (secondary N) is 1. The Morgan fingerprint density at radius 2 is 2.18 bits per heavy atom. The minimum absolute atomic E-state index is 0.166. The molecular weight excluding hydrogens is 299 g/mol. The van der Waals surface area contributed by atoms with Gasteiger partial charge in [-0.3, -0.25) is 4.98 Å². The molecule has 0 amide bonds. The average molecular weight is 316 g/mol. The third-order valence-corrected chi connectivity index (χ3v) is 4.44. The molecule has 3 nitrogen and oxygen atoms in total. The molecule has 3 aromatic rings. The van der Waals surface area contributed by atoms with E-state index in [1.54, 1.807) is 12.3 Å². The standard InChI is InChI=1S/C17H17FN2OS/c1-19-9-8-15(16-5-6-17(18)22-16)21-14-4-2-3-12-11-20-10-7-13(12)14/h2-7,10-11,15,19H,8-9H2,1H3/t15-/m0/s1. The Hall–Kier alpha value is -1.98. The zero-order valence-corrected chi connectivity index (χ0v) is 13.1. The van der Waals surface area contributed by atoms with Crippen LogP contribution >= 0.6 is 11.3 Å². The fourth-order valence-corrected chi connectivity index (χ4v) is 3.18. The zero-order valence-electron chi connectivity index (χ0n) is 12.3. The molecule has 2 aromatic heterocycles. The van der Waals surface area contributed by atoms with Gasteiger partial charge in [-0.2, -0.15) is 4.39 Å². The predicted octanol–water partition coefficient (Wildman–Crippen LogP) is 4.17. The lowest BCUT2D eigenvalue weighted by atomic mass is 10.1. The lowest BCUT2D eigenvalue weighted by Crippen LogP contribution is -2.15. The van der Waals surface area contributed by atoms with Crippen LogP contribution in [0, 0.1) is 5.13 Å². The fraction of sp³-hybridized carbons (Fsp3) is 0.235. The molecule has 114 valence electrons. The first-order valence-corrected chi connectivity index (χ1v) is 7.99. The van der Waals surface area contributed by atoms with Gasteiger partial charge in [-0.25, -0.2) is 0 Å². The number of aromatic nitrogens is 1. The first kappa shape index (κ1) is 14.9. The molecule has 0 bridgehead atoms. The van der Waals surface area contributed by atoms with Crippen molar-refractivity contribution in [2.45, 2.75) is 12.5 Å². The summed E-state index contributed by atoms with van der Waals surface area (Å²) < 4.78 is 19.5. The monoisotopic (exact) mass is 316 g/mol. The van der Waals surface area contributed by atoms with Crippen molar-refractivity contribution in [3.8, 4) is 5.75 Å². The second-order valence-electron chi connectivity index (χ2n) is 4.99. The molecule has 1 N–H and O–H groups in total. The maximum Gasteiger partial charge on any atom is 0.176 e. The number of thiophene rings is 1. The van der Waals surface area contributed by atoms with E-state index in [1.807, 2.05) is 37.5 Å². The molecule has 2 heterocycles. The van der Waals surface area contributed by atoms with Crippen LogP contribution in [0.2, 0.25) is 0 Å². The van der Waals surface area contributed by atoms with E-state index in [-0.39, 0.29) is 11.2 Å². The van der Waals surface area contributed by atoms with Crippen molar-refractivity contribution in [3.63, 3.8) is 0 Å². The number of ether oxygens (including phenoxy) is 1. The Labute approximate surface area is 132 Å². The highest BCUT2D eigenvalue weighted by Gasteiger charge is 2.17. The number of benzene rings is 1. The number of fused-ring (bicyclic) bond motifs is 1. The number of halogens is 1. The van der Waals surface area contributed by atoms with Crippen LogP contribution in [0.25, 0.3) is 10.8 Å². The van der Waals surface area contributed by atoms with E-state index in [0.29, 0.717) is 0 Å². The molecule has 3 rings (SSSR count). The van der Waals surface area contributed by atoms with E-state index in [2.05, 4.69) is 10.3 Å². The summed E-state index contributed by atoms with van der Waals surface area (Å²) >= 11 is 1.14. The normalized spacial score (nSPS) is 12.5. The van der Waals surface area contributed by atoms with Gasteiger partial charge in [0, 0.05) is 34.5 Å². The molecule has 0 aliphatic rings. The molecule has 0 unspecified atom stereocenters. The molecule has 0 aliphatic carbocycles. The van der Waals surface area contributed by atoms with E-state index in [0.717, 1.165) is 45.7 Å². The minimum atomic E-state index is -0.185. The maximum atomic E-state index is 13.3. The van der Waals surface area contributed by atoms with Crippen LogP contribution in [-0.2, 0) is 0 Å². The predicted molar refractivity (Wildman–Crippen MR) is 87.9 cm³/mol. The highest BCUT2D eigenvalue weighted by molar-refractivity contribution is 7.10. The smallest absolute Gasteiger partial charge is 0.176 e. The Balaban J connectivity index is 1.91. The van der Waals surface area contributed by atoms with Crippen molar-refractivity contribution in [3.05, 3.63) is 58.8 Å². The van der Waals surface area contributed by atoms with Crippen LogP contribution < -0.4 is 10.1 Å². The maximum absolute atomic E-state index is 13.3. The lowest BCUT2D eigenvalue weighted by Gasteiger charge is -2.19. The van der Waals surface area contributed by atoms with Crippen molar-refractivity contribution < 1.29 is 9.13 Å². The number of pyridine rings is 1. The van der Waals surface area contributed by atoms with Gasteiger partial charge in [-0.15, -0.1) is 11.3 Å². The molecule has 0 saturated carbocycles. The van der Waals surface area contributed by atoms with Crippen LogP contribution in [0.4, 0.5) is 4.39 Å². The SMILES string of the molecule is CNCC[C@H](Oc1cccc2cnccc12)c1ccc(F)s1. The summed E-state index contributed by atoms with van der Waals surface area (Å²) in [5, 5.41) is 4.98. The summed E-state index contributed by atoms with van der Waals surface area (Å²) in [6.45, 7) is 0.802. The number of hydrogen-bond acceptors (Lipinski definition) is 4. The van der Waals surface area contributed by atoms with Crippen LogP contribution in [0.3, 0.4) is 0 Å². The molecular formula is C17H17FN2OS. The third-order valence-electron chi connectivity index (χ3n) is 3.48. The van der Waals surface area contributed by atoms with Gasteiger partial charge >= 0.3 is 0 Å². The highest BCUT2D eigenvalue weighted by atomic mass is 32.1. The molecule has 0 radical (unpaired) electrons. The summed E-state index contributed by atoms with van der Waals surface area (Å²) in [4.78, 5) is 5.03. The summed E-state index contributed by atoms with van der Waals surface area (Å²) in [5.41, 5.74) is 0. The van der Waals surface area contributed by atoms with Gasteiger partial charge in [0.15, 0.2) is 5.13 Å². The summed E-state index contributed by atoms with van der Waals surface area (Å²) in [6.07, 6.45) is 4.18. The van der Waals surface area contributed by atoms with Crippen molar-refractivity contribution in [1.82, 2.24) is 10.3 Å². The average Bonchev–Trinajstić information content (AvgIpc) is 2.98. The summed E-state index contributed by atoms with van der Waals surface area (Å²) in [5.74, 6) is 0.801. The molecule has 22 heavy (non-hydrogen) atoms. The van der Waals surface area contributed by atoms with Crippen molar-refractivity contribution >= 4 is 22.1 Å². The van der Waals surface area contributed by atoms with Gasteiger partial charge in [-0.1, -0.05) is 12.1 Å². The van der Waals surface area contributed by atoms with Gasteiger partial charge in [0.05, 0.1) is 0 Å². The van der Waals surface area contributed by atoms with Crippen molar-refractivity contribution in [1.29, 1.82) is 0 Å². The fourth-order valence-electron chi connectivity index (χ4n) is 2.38. The van der Waals surface area contributed by atoms with Gasteiger partial charge in [0.1, 0.15) is 11.9 Å². The molecule has 0 saturated heterocycles. The Bertz CT molecular complexity index is 754. The quantitative estimate of drug-likeness (QED) is 0.741. The summed E-state index contributed by atoms with van der Waals surface area (Å²) in [7, 11) is 1.90. The third kappa shape index (κ3) is 3.26. The first-order valence-electron chi connectivity index (χ1n) is 7.17. The highest BCUT2D eigenvalue weighted by Crippen LogP contribution is 2.33. The van der Waals surface area contributed by atoms with Crippen LogP contribution in [-0.4, -0.2) is 18.6 Å². The molecule has 0 fully saturated rings. The minimum Gasteiger partial charge on any atom is -0.484 e. The molecule has 0 aliphatic heterocycles. The van der Waals surface area contributed by atoms with E-state index < -0.39 is 0 Å². The van der Waals surface area contributed by atoms with Gasteiger partial charge < -0.3 is 10.1 Å². The molecule has 0 spiro atoms. The molecule has 5 heteroatoms. The van der Waals surface area contributed by atoms with Gasteiger partial charge in [0.25, 0.3) is 0 Å². The van der Waals surface area contributed by atoms with Gasteiger partial charge in [-0.05, 0) is 37.9 Å². The second-order valence-corrected chi connectivity index (χ2v) is 6.06. The molecule has 1 aromatic carbocycles. The topological polar surface area (TPSA) is 34.1 Å². The van der Waals surface area contributed by atoms with Crippen LogP contribution in [0.1, 0.15) is 17.4 Å². The van der Waals surface area contributed by atoms with E-state index >= 15 is 0 Å². The molecule has 1 atom stereocenters. The largest absolute Gasteiger partial charge is 0.484 e. The zero-order chi connectivity index (χ0) is 15.4. The first-order chi connectivity index (χ1) is 10.8. The van der Waals surface area contributed by atoms with Gasteiger partial charge in [0.2, 0.25) is 0 Å². The second kappa shape index (κ2) is 6.85. The summed E-state index contributed by atoms with van der Waals surface area (Å²) in [6, 6.07) is 11.1. The Morgan fingerprint density at radius 1 is 1.27 bits per heavy atom.